The molecule has 1 aliphatic heterocycles. The molecule has 0 radical (unpaired) electrons. The van der Waals surface area contributed by atoms with Crippen LogP contribution in [0.5, 0.6) is 0 Å². The second kappa shape index (κ2) is 5.56. The summed E-state index contributed by atoms with van der Waals surface area (Å²) in [6, 6.07) is -0.325. The minimum Gasteiger partial charge on any atom is -0.481 e. The van der Waals surface area contributed by atoms with Crippen LogP contribution in [0.15, 0.2) is 0 Å². The van der Waals surface area contributed by atoms with Crippen molar-refractivity contribution in [1.82, 2.24) is 10.6 Å². The first-order chi connectivity index (χ1) is 8.25. The molecule has 1 heterocycles. The molecule has 6 heteroatoms. The number of carboxylic acids is 1. The van der Waals surface area contributed by atoms with Gasteiger partial charge in [-0.05, 0) is 33.6 Å². The van der Waals surface area contributed by atoms with Gasteiger partial charge in [0, 0.05) is 25.3 Å². The first-order valence-electron chi connectivity index (χ1n) is 6.12. The zero-order valence-electron chi connectivity index (χ0n) is 11.2. The molecular formula is C12H22N2O4. The van der Waals surface area contributed by atoms with Gasteiger partial charge in [0.05, 0.1) is 5.41 Å². The number of hydrogen-bond acceptors (Lipinski definition) is 3. The molecule has 104 valence electrons. The van der Waals surface area contributed by atoms with Crippen molar-refractivity contribution in [2.45, 2.75) is 39.2 Å². The predicted molar refractivity (Wildman–Crippen MR) is 66.4 cm³/mol. The number of amides is 2. The van der Waals surface area contributed by atoms with Crippen molar-refractivity contribution in [3.8, 4) is 0 Å². The lowest BCUT2D eigenvalue weighted by Gasteiger charge is -2.34. The average molecular weight is 258 g/mol. The molecule has 1 fully saturated rings. The van der Waals surface area contributed by atoms with Crippen molar-refractivity contribution >= 4 is 12.0 Å². The van der Waals surface area contributed by atoms with Gasteiger partial charge in [-0.15, -0.1) is 0 Å². The van der Waals surface area contributed by atoms with E-state index in [-0.39, 0.29) is 18.1 Å². The minimum atomic E-state index is -0.964. The summed E-state index contributed by atoms with van der Waals surface area (Å²) >= 11 is 0. The molecule has 18 heavy (non-hydrogen) atoms. The molecule has 3 N–H and O–H groups in total. The van der Waals surface area contributed by atoms with E-state index < -0.39 is 11.4 Å². The number of carbonyl (C=O) groups is 2. The number of nitrogens with one attached hydrogen (secondary N) is 2. The van der Waals surface area contributed by atoms with Crippen LogP contribution in [0.4, 0.5) is 4.79 Å². The summed E-state index contributed by atoms with van der Waals surface area (Å²) in [7, 11) is 0. The number of ether oxygens (including phenoxy) is 1. The zero-order chi connectivity index (χ0) is 13.8. The Labute approximate surface area is 107 Å². The normalized spacial score (nSPS) is 19.1. The standard InChI is InChI=1S/C12H22N2O4/c1-11(2,9(15)16)8-13-10(17)14-12(3)4-6-18-7-5-12/h4-8H2,1-3H3,(H,15,16)(H2,13,14,17). The Morgan fingerprint density at radius 3 is 2.39 bits per heavy atom. The maximum atomic E-state index is 11.7. The van der Waals surface area contributed by atoms with Crippen LogP contribution in [0.25, 0.3) is 0 Å². The van der Waals surface area contributed by atoms with Gasteiger partial charge in [0.25, 0.3) is 0 Å². The van der Waals surface area contributed by atoms with Crippen LogP contribution in [-0.4, -0.2) is 42.4 Å². The second-order valence-corrected chi connectivity index (χ2v) is 5.67. The summed E-state index contributed by atoms with van der Waals surface area (Å²) < 4.78 is 5.24. The number of carboxylic acid groups (broad SMARTS) is 1. The summed E-state index contributed by atoms with van der Waals surface area (Å²) in [5.74, 6) is -0.930. The van der Waals surface area contributed by atoms with E-state index in [1.807, 2.05) is 6.92 Å². The monoisotopic (exact) mass is 258 g/mol. The van der Waals surface area contributed by atoms with Gasteiger partial charge in [-0.1, -0.05) is 0 Å². The number of carbonyl (C=O) groups excluding carboxylic acids is 1. The van der Waals surface area contributed by atoms with Gasteiger partial charge in [0.1, 0.15) is 0 Å². The molecule has 6 nitrogen and oxygen atoms in total. The summed E-state index contributed by atoms with van der Waals surface area (Å²) in [6.07, 6.45) is 1.53. The molecule has 2 amide bonds. The van der Waals surface area contributed by atoms with Crippen molar-refractivity contribution in [3.05, 3.63) is 0 Å². The van der Waals surface area contributed by atoms with Crippen LogP contribution in [0.3, 0.4) is 0 Å². The fraction of sp³-hybridized carbons (Fsp3) is 0.833. The van der Waals surface area contributed by atoms with Crippen LogP contribution in [0.1, 0.15) is 33.6 Å². The molecule has 1 aliphatic rings. The van der Waals surface area contributed by atoms with Gasteiger partial charge >= 0.3 is 12.0 Å². The third-order valence-corrected chi connectivity index (χ3v) is 3.28. The van der Waals surface area contributed by atoms with Crippen LogP contribution < -0.4 is 10.6 Å². The highest BCUT2D eigenvalue weighted by Crippen LogP contribution is 2.19. The second-order valence-electron chi connectivity index (χ2n) is 5.67. The lowest BCUT2D eigenvalue weighted by atomic mass is 9.92. The third kappa shape index (κ3) is 4.18. The Morgan fingerprint density at radius 2 is 1.89 bits per heavy atom. The molecule has 0 unspecified atom stereocenters. The van der Waals surface area contributed by atoms with Crippen LogP contribution in [0, 0.1) is 5.41 Å². The molecular weight excluding hydrogens is 236 g/mol. The number of aliphatic carboxylic acids is 1. The summed E-state index contributed by atoms with van der Waals surface area (Å²) in [5.41, 5.74) is -1.23. The van der Waals surface area contributed by atoms with Crippen molar-refractivity contribution in [2.75, 3.05) is 19.8 Å². The molecule has 0 aromatic rings. The molecule has 0 spiro atoms. The smallest absolute Gasteiger partial charge is 0.315 e. The lowest BCUT2D eigenvalue weighted by molar-refractivity contribution is -0.146. The van der Waals surface area contributed by atoms with Gasteiger partial charge in [-0.25, -0.2) is 4.79 Å². The first-order valence-corrected chi connectivity index (χ1v) is 6.12. The van der Waals surface area contributed by atoms with Gasteiger partial charge in [0.15, 0.2) is 0 Å². The maximum Gasteiger partial charge on any atom is 0.315 e. The molecule has 0 atom stereocenters. The van der Waals surface area contributed by atoms with Gasteiger partial charge < -0.3 is 20.5 Å². The van der Waals surface area contributed by atoms with Crippen molar-refractivity contribution in [1.29, 1.82) is 0 Å². The maximum absolute atomic E-state index is 11.7. The molecule has 0 aromatic heterocycles. The van der Waals surface area contributed by atoms with Crippen LogP contribution in [-0.2, 0) is 9.53 Å². The van der Waals surface area contributed by atoms with E-state index in [4.69, 9.17) is 9.84 Å². The number of urea groups is 1. The SMILES string of the molecule is CC1(NC(=O)NCC(C)(C)C(=O)O)CCOCC1. The van der Waals surface area contributed by atoms with E-state index in [0.29, 0.717) is 13.2 Å². The fourth-order valence-electron chi connectivity index (χ4n) is 1.64. The van der Waals surface area contributed by atoms with Crippen LogP contribution in [0.2, 0.25) is 0 Å². The molecule has 0 aliphatic carbocycles. The van der Waals surface area contributed by atoms with E-state index in [0.717, 1.165) is 12.8 Å². The quantitative estimate of drug-likeness (QED) is 0.701. The largest absolute Gasteiger partial charge is 0.481 e. The predicted octanol–water partition coefficient (Wildman–Crippen LogP) is 0.965. The number of hydrogen-bond donors (Lipinski definition) is 3. The molecule has 0 aromatic carbocycles. The summed E-state index contributed by atoms with van der Waals surface area (Å²) in [5, 5.41) is 14.4. The summed E-state index contributed by atoms with van der Waals surface area (Å²) in [6.45, 7) is 6.49. The van der Waals surface area contributed by atoms with Crippen molar-refractivity contribution in [3.63, 3.8) is 0 Å². The topological polar surface area (TPSA) is 87.7 Å². The highest BCUT2D eigenvalue weighted by atomic mass is 16.5. The number of rotatable bonds is 4. The van der Waals surface area contributed by atoms with Crippen molar-refractivity contribution < 1.29 is 19.4 Å². The van der Waals surface area contributed by atoms with E-state index >= 15 is 0 Å². The first kappa shape index (κ1) is 14.8. The van der Waals surface area contributed by atoms with Gasteiger partial charge in [-0.3, -0.25) is 4.79 Å². The zero-order valence-corrected chi connectivity index (χ0v) is 11.2. The molecule has 1 rings (SSSR count). The Morgan fingerprint density at radius 1 is 1.33 bits per heavy atom. The fourth-order valence-corrected chi connectivity index (χ4v) is 1.64. The molecule has 0 bridgehead atoms. The Balaban J connectivity index is 2.40. The van der Waals surface area contributed by atoms with Crippen LogP contribution >= 0.6 is 0 Å². The van der Waals surface area contributed by atoms with Gasteiger partial charge in [-0.2, -0.15) is 0 Å². The Kier molecular flexibility index (Phi) is 4.56. The van der Waals surface area contributed by atoms with E-state index in [1.165, 1.54) is 0 Å². The Bertz CT molecular complexity index is 322. The average Bonchev–Trinajstić information content (AvgIpc) is 2.26. The van der Waals surface area contributed by atoms with E-state index in [9.17, 15) is 9.59 Å². The lowest BCUT2D eigenvalue weighted by Crippen LogP contribution is -2.54. The summed E-state index contributed by atoms with van der Waals surface area (Å²) in [4.78, 5) is 22.6. The van der Waals surface area contributed by atoms with Crippen molar-refractivity contribution in [2.24, 2.45) is 5.41 Å². The highest BCUT2D eigenvalue weighted by Gasteiger charge is 2.31. The highest BCUT2D eigenvalue weighted by molar-refractivity contribution is 5.77. The minimum absolute atomic E-state index is 0.0980. The third-order valence-electron chi connectivity index (χ3n) is 3.28. The van der Waals surface area contributed by atoms with E-state index in [1.54, 1.807) is 13.8 Å². The molecule has 1 saturated heterocycles. The molecule has 0 saturated carbocycles. The van der Waals surface area contributed by atoms with Gasteiger partial charge in [0.2, 0.25) is 0 Å². The Hall–Kier alpha value is -1.30. The van der Waals surface area contributed by atoms with E-state index in [2.05, 4.69) is 10.6 Å².